The van der Waals surface area contributed by atoms with Crippen LogP contribution in [0.25, 0.3) is 10.9 Å². The van der Waals surface area contributed by atoms with Crippen LogP contribution in [0.4, 0.5) is 10.5 Å². The number of rotatable bonds is 8. The molecule has 0 aliphatic carbocycles. The third-order valence-corrected chi connectivity index (χ3v) is 8.37. The molecule has 3 atom stereocenters. The minimum atomic E-state index is -1.58. The zero-order chi connectivity index (χ0) is 31.3. The summed E-state index contributed by atoms with van der Waals surface area (Å²) in [6.45, 7) is 4.20. The smallest absolute Gasteiger partial charge is 0.332 e. The summed E-state index contributed by atoms with van der Waals surface area (Å²) in [7, 11) is 0. The lowest BCUT2D eigenvalue weighted by molar-refractivity contribution is -0.141. The summed E-state index contributed by atoms with van der Waals surface area (Å²) < 4.78 is 0. The number of primary amides is 1. The van der Waals surface area contributed by atoms with E-state index in [4.69, 9.17) is 5.73 Å². The monoisotopic (exact) mass is 593 g/mol. The molecule has 0 bridgehead atoms. The molecule has 1 saturated heterocycles. The number of amides is 5. The Morgan fingerprint density at radius 1 is 1.00 bits per heavy atom. The molecular formula is C33H31N5O6. The number of carbonyl (C=O) groups excluding carboxylic acids is 4. The van der Waals surface area contributed by atoms with Crippen molar-refractivity contribution >= 4 is 46.3 Å². The first-order valence-electron chi connectivity index (χ1n) is 14.3. The highest BCUT2D eigenvalue weighted by Crippen LogP contribution is 2.45. The largest absolute Gasteiger partial charge is 0.480 e. The number of nitrogens with one attached hydrogen (secondary N) is 2. The van der Waals surface area contributed by atoms with E-state index in [-0.39, 0.29) is 17.7 Å². The molecule has 2 aliphatic rings. The summed E-state index contributed by atoms with van der Waals surface area (Å²) in [6, 6.07) is 18.2. The van der Waals surface area contributed by atoms with Gasteiger partial charge in [0.05, 0.1) is 17.7 Å². The van der Waals surface area contributed by atoms with Crippen molar-refractivity contribution in [3.63, 3.8) is 0 Å². The second-order valence-corrected chi connectivity index (χ2v) is 11.4. The molecule has 44 heavy (non-hydrogen) atoms. The Kier molecular flexibility index (Phi) is 7.16. The third kappa shape index (κ3) is 4.76. The highest BCUT2D eigenvalue weighted by Gasteiger charge is 2.53. The average molecular weight is 594 g/mol. The Labute approximate surface area is 252 Å². The van der Waals surface area contributed by atoms with Crippen LogP contribution in [0.2, 0.25) is 0 Å². The van der Waals surface area contributed by atoms with E-state index in [0.717, 1.165) is 38.2 Å². The third-order valence-electron chi connectivity index (χ3n) is 8.37. The SMILES string of the molecule is CC(C)c1ccc([C@@H]2c3[nH]c4ccccc4c3C[C@H]3C(=O)N(c4ccccc4C(=O)N[C@@H](CC(N)=O)C(=O)O)C(=O)N23)cc1. The maximum absolute atomic E-state index is 14.3. The lowest BCUT2D eigenvalue weighted by atomic mass is 9.88. The zero-order valence-corrected chi connectivity index (χ0v) is 24.1. The van der Waals surface area contributed by atoms with Gasteiger partial charge in [0.15, 0.2) is 0 Å². The number of nitrogens with zero attached hydrogens (tertiary/aromatic N) is 2. The van der Waals surface area contributed by atoms with E-state index in [9.17, 15) is 29.1 Å². The molecule has 0 radical (unpaired) electrons. The number of aromatic nitrogens is 1. The molecule has 5 N–H and O–H groups in total. The zero-order valence-electron chi connectivity index (χ0n) is 24.1. The van der Waals surface area contributed by atoms with Gasteiger partial charge < -0.3 is 21.1 Å². The summed E-state index contributed by atoms with van der Waals surface area (Å²) in [5.41, 5.74) is 9.74. The van der Waals surface area contributed by atoms with Gasteiger partial charge in [-0.2, -0.15) is 0 Å². The Hall–Kier alpha value is -5.45. The summed E-state index contributed by atoms with van der Waals surface area (Å²) in [5.74, 6) is -3.40. The van der Waals surface area contributed by atoms with Crippen molar-refractivity contribution < 1.29 is 29.1 Å². The number of nitrogens with two attached hydrogens (primary N) is 1. The number of aromatic amines is 1. The first-order chi connectivity index (χ1) is 21.1. The quantitative estimate of drug-likeness (QED) is 0.227. The van der Waals surface area contributed by atoms with Crippen molar-refractivity contribution in [2.75, 3.05) is 4.90 Å². The van der Waals surface area contributed by atoms with Gasteiger partial charge in [0, 0.05) is 23.0 Å². The number of fused-ring (bicyclic) bond motifs is 4. The molecular weight excluding hydrogens is 562 g/mol. The molecule has 1 fully saturated rings. The molecule has 0 saturated carbocycles. The second kappa shape index (κ2) is 11.0. The fraction of sp³-hybridized carbons (Fsp3) is 0.242. The predicted octanol–water partition coefficient (Wildman–Crippen LogP) is 3.83. The van der Waals surface area contributed by atoms with Crippen LogP contribution in [0.3, 0.4) is 0 Å². The fourth-order valence-electron chi connectivity index (χ4n) is 6.20. The summed E-state index contributed by atoms with van der Waals surface area (Å²) in [4.78, 5) is 70.9. The number of H-pyrrole nitrogens is 1. The number of carbonyl (C=O) groups is 5. The Morgan fingerprint density at radius 2 is 1.68 bits per heavy atom. The van der Waals surface area contributed by atoms with E-state index in [1.54, 1.807) is 11.0 Å². The van der Waals surface area contributed by atoms with Gasteiger partial charge in [-0.05, 0) is 40.8 Å². The number of aliphatic carboxylic acids is 1. The van der Waals surface area contributed by atoms with E-state index < -0.39 is 54.3 Å². The van der Waals surface area contributed by atoms with Crippen LogP contribution in [0.1, 0.15) is 65.0 Å². The van der Waals surface area contributed by atoms with Crippen LogP contribution in [-0.2, 0) is 20.8 Å². The molecule has 4 aromatic rings. The molecule has 6 rings (SSSR count). The molecule has 11 nitrogen and oxygen atoms in total. The first kappa shape index (κ1) is 28.7. The number of anilines is 1. The van der Waals surface area contributed by atoms with Crippen LogP contribution < -0.4 is 16.0 Å². The van der Waals surface area contributed by atoms with Gasteiger partial charge in [0.2, 0.25) is 5.91 Å². The van der Waals surface area contributed by atoms with Crippen LogP contribution in [0.15, 0.2) is 72.8 Å². The van der Waals surface area contributed by atoms with Gasteiger partial charge in [0.25, 0.3) is 11.8 Å². The van der Waals surface area contributed by atoms with Crippen molar-refractivity contribution in [2.24, 2.45) is 5.73 Å². The molecule has 11 heteroatoms. The number of hydrogen-bond acceptors (Lipinski definition) is 5. The standard InChI is InChI=1S/C33H31N5O6/c1-17(2)18-11-13-19(14-12-18)29-28-22(20-7-3-5-9-23(20)35-28)15-26-31(41)38(33(44)37(26)29)25-10-6-4-8-21(25)30(40)36-24(32(42)43)16-27(34)39/h3-14,17,24,26,29,35H,15-16H2,1-2H3,(H2,34,39)(H,36,40)(H,42,43)/t24-,26-,29+/m0/s1. The maximum Gasteiger partial charge on any atom is 0.332 e. The highest BCUT2D eigenvalue weighted by atomic mass is 16.4. The minimum absolute atomic E-state index is 0.0139. The number of urea groups is 1. The molecule has 0 unspecified atom stereocenters. The molecule has 224 valence electrons. The van der Waals surface area contributed by atoms with Crippen molar-refractivity contribution in [3.05, 3.63) is 101 Å². The lowest BCUT2D eigenvalue weighted by Gasteiger charge is -2.36. The van der Waals surface area contributed by atoms with Crippen molar-refractivity contribution in [3.8, 4) is 0 Å². The van der Waals surface area contributed by atoms with Gasteiger partial charge >= 0.3 is 12.0 Å². The van der Waals surface area contributed by atoms with Crippen LogP contribution in [0, 0.1) is 0 Å². The van der Waals surface area contributed by atoms with Crippen molar-refractivity contribution in [2.45, 2.75) is 50.7 Å². The van der Waals surface area contributed by atoms with E-state index in [2.05, 4.69) is 24.1 Å². The molecule has 3 heterocycles. The number of carboxylic acid groups (broad SMARTS) is 1. The first-order valence-corrected chi connectivity index (χ1v) is 14.3. The number of hydrogen-bond donors (Lipinski definition) is 4. The highest BCUT2D eigenvalue weighted by molar-refractivity contribution is 6.24. The molecule has 1 aromatic heterocycles. The normalized spacial score (nSPS) is 18.3. The molecule has 2 aliphatic heterocycles. The van der Waals surface area contributed by atoms with Gasteiger partial charge in [-0.25, -0.2) is 14.5 Å². The topological polar surface area (TPSA) is 166 Å². The fourth-order valence-corrected chi connectivity index (χ4v) is 6.20. The Balaban J connectivity index is 1.43. The van der Waals surface area contributed by atoms with E-state index in [1.165, 1.54) is 18.2 Å². The summed E-state index contributed by atoms with van der Waals surface area (Å²) in [5, 5.41) is 12.8. The van der Waals surface area contributed by atoms with Crippen molar-refractivity contribution in [1.29, 1.82) is 0 Å². The minimum Gasteiger partial charge on any atom is -0.480 e. The molecule has 0 spiro atoms. The van der Waals surface area contributed by atoms with Crippen molar-refractivity contribution in [1.82, 2.24) is 15.2 Å². The van der Waals surface area contributed by atoms with Crippen LogP contribution >= 0.6 is 0 Å². The molecule has 5 amide bonds. The number of carboxylic acids is 1. The van der Waals surface area contributed by atoms with Gasteiger partial charge in [0.1, 0.15) is 18.1 Å². The van der Waals surface area contributed by atoms with Gasteiger partial charge in [-0.1, -0.05) is 68.4 Å². The maximum atomic E-state index is 14.3. The molecule has 3 aromatic carbocycles. The van der Waals surface area contributed by atoms with Gasteiger partial charge in [-0.3, -0.25) is 19.3 Å². The summed E-state index contributed by atoms with van der Waals surface area (Å²) in [6.07, 6.45) is -0.349. The average Bonchev–Trinajstić information content (AvgIpc) is 3.49. The van der Waals surface area contributed by atoms with Crippen LogP contribution in [0.5, 0.6) is 0 Å². The van der Waals surface area contributed by atoms with E-state index in [0.29, 0.717) is 5.92 Å². The Morgan fingerprint density at radius 3 is 2.36 bits per heavy atom. The number of imide groups is 1. The van der Waals surface area contributed by atoms with E-state index >= 15 is 0 Å². The van der Waals surface area contributed by atoms with Crippen LogP contribution in [-0.4, -0.2) is 56.8 Å². The predicted molar refractivity (Wildman–Crippen MR) is 162 cm³/mol. The second-order valence-electron chi connectivity index (χ2n) is 11.4. The summed E-state index contributed by atoms with van der Waals surface area (Å²) >= 11 is 0. The Bertz CT molecular complexity index is 1830. The van der Waals surface area contributed by atoms with E-state index in [1.807, 2.05) is 48.5 Å². The lowest BCUT2D eigenvalue weighted by Crippen LogP contribution is -2.44. The number of para-hydroxylation sites is 2. The number of benzene rings is 3. The van der Waals surface area contributed by atoms with Gasteiger partial charge in [-0.15, -0.1) is 0 Å².